The molecule has 4 aliphatic carbocycles. The predicted octanol–water partition coefficient (Wildman–Crippen LogP) is -1.82. The topological polar surface area (TPSA) is 269 Å². The van der Waals surface area contributed by atoms with Crippen molar-refractivity contribution in [3.05, 3.63) is 23.8 Å². The van der Waals surface area contributed by atoms with Gasteiger partial charge in [0.05, 0.1) is 38.1 Å². The van der Waals surface area contributed by atoms with Crippen LogP contribution in [0.5, 0.6) is 0 Å². The number of hydrogen-bond donors (Lipinski definition) is 11. The lowest BCUT2D eigenvalue weighted by Gasteiger charge is -2.61. The Morgan fingerprint density at radius 1 is 0.855 bits per heavy atom. The van der Waals surface area contributed by atoms with Gasteiger partial charge in [-0.3, -0.25) is 0 Å². The fourth-order valence-corrected chi connectivity index (χ4v) is 12.1. The maximum atomic E-state index is 12.0. The Kier molecular flexibility index (Phi) is 11.8. The maximum Gasteiger partial charge on any atom is 0.187 e. The van der Waals surface area contributed by atoms with E-state index >= 15 is 0 Å². The first-order chi connectivity index (χ1) is 25.9. The van der Waals surface area contributed by atoms with Gasteiger partial charge in [-0.25, -0.2) is 0 Å². The van der Waals surface area contributed by atoms with Crippen LogP contribution in [0.1, 0.15) is 65.7 Å². The fraction of sp³-hybridized carbons (Fsp3) is 0.897. The van der Waals surface area contributed by atoms with Crippen molar-refractivity contribution in [3.8, 4) is 0 Å². The summed E-state index contributed by atoms with van der Waals surface area (Å²) in [5.41, 5.74) is 0.602. The molecule has 3 saturated carbocycles. The summed E-state index contributed by atoms with van der Waals surface area (Å²) < 4.78 is 29.7. The Morgan fingerprint density at radius 3 is 2.11 bits per heavy atom. The minimum atomic E-state index is -1.66. The third-order valence-electron chi connectivity index (χ3n) is 15.2. The minimum absolute atomic E-state index is 0.0163. The van der Waals surface area contributed by atoms with Crippen molar-refractivity contribution in [1.29, 1.82) is 0 Å². The van der Waals surface area contributed by atoms with Crippen molar-refractivity contribution in [2.75, 3.05) is 19.8 Å². The van der Waals surface area contributed by atoms with E-state index in [0.717, 1.165) is 31.3 Å². The monoisotopic (exact) mass is 786 g/mol. The molecule has 3 saturated heterocycles. The summed E-state index contributed by atoms with van der Waals surface area (Å²) in [6.07, 6.45) is -12.1. The second-order valence-corrected chi connectivity index (χ2v) is 18.0. The van der Waals surface area contributed by atoms with Crippen molar-refractivity contribution >= 4 is 0 Å². The van der Waals surface area contributed by atoms with Crippen LogP contribution >= 0.6 is 0 Å². The molecule has 3 aliphatic heterocycles. The van der Waals surface area contributed by atoms with Crippen molar-refractivity contribution in [1.82, 2.24) is 0 Å². The van der Waals surface area contributed by atoms with Crippen LogP contribution in [0.15, 0.2) is 23.8 Å². The number of hydrogen-bond acceptors (Lipinski definition) is 16. The molecule has 55 heavy (non-hydrogen) atoms. The van der Waals surface area contributed by atoms with Gasteiger partial charge in [0, 0.05) is 17.8 Å². The summed E-state index contributed by atoms with van der Waals surface area (Å²) in [4.78, 5) is 0. The second-order valence-electron chi connectivity index (χ2n) is 18.0. The van der Waals surface area contributed by atoms with Crippen LogP contribution in [0.2, 0.25) is 0 Å². The molecule has 16 nitrogen and oxygen atoms in total. The predicted molar refractivity (Wildman–Crippen MR) is 189 cm³/mol. The lowest BCUT2D eigenvalue weighted by Crippen LogP contribution is -2.65. The quantitative estimate of drug-likeness (QED) is 0.109. The zero-order valence-electron chi connectivity index (χ0n) is 31.8. The number of rotatable bonds is 10. The van der Waals surface area contributed by atoms with Gasteiger partial charge in [-0.15, -0.1) is 0 Å². The minimum Gasteiger partial charge on any atom is -0.394 e. The van der Waals surface area contributed by atoms with E-state index in [1.807, 2.05) is 13.8 Å². The lowest BCUT2D eigenvalue weighted by atomic mass is 9.46. The van der Waals surface area contributed by atoms with E-state index in [1.54, 1.807) is 0 Å². The van der Waals surface area contributed by atoms with Gasteiger partial charge in [0.15, 0.2) is 18.4 Å². The molecular formula is C39H62O16. The molecule has 0 amide bonds. The van der Waals surface area contributed by atoms with Gasteiger partial charge < -0.3 is 79.9 Å². The molecule has 22 atom stereocenters. The van der Waals surface area contributed by atoms with Gasteiger partial charge in [-0.05, 0) is 67.6 Å². The second kappa shape index (κ2) is 15.5. The Morgan fingerprint density at radius 2 is 1.47 bits per heavy atom. The molecule has 16 heteroatoms. The highest BCUT2D eigenvalue weighted by molar-refractivity contribution is 5.30. The Labute approximate surface area is 320 Å². The van der Waals surface area contributed by atoms with E-state index in [9.17, 15) is 56.2 Å². The number of fused-ring (bicyclic) bond motifs is 7. The van der Waals surface area contributed by atoms with Crippen molar-refractivity contribution in [2.24, 2.45) is 40.4 Å². The summed E-state index contributed by atoms with van der Waals surface area (Å²) in [7, 11) is 0. The summed E-state index contributed by atoms with van der Waals surface area (Å²) >= 11 is 0. The van der Waals surface area contributed by atoms with Gasteiger partial charge in [-0.2, -0.15) is 0 Å². The number of aliphatic hydroxyl groups excluding tert-OH is 10. The first-order valence-corrected chi connectivity index (χ1v) is 19.9. The van der Waals surface area contributed by atoms with Crippen molar-refractivity contribution in [3.63, 3.8) is 0 Å². The molecule has 7 rings (SSSR count). The first-order valence-electron chi connectivity index (χ1n) is 19.9. The highest BCUT2D eigenvalue weighted by Gasteiger charge is 2.69. The molecule has 0 aromatic carbocycles. The Hall–Kier alpha value is -1.16. The molecule has 11 N–H and O–H groups in total. The van der Waals surface area contributed by atoms with Crippen LogP contribution in [-0.2, 0) is 23.7 Å². The Bertz CT molecular complexity index is 1430. The van der Waals surface area contributed by atoms with E-state index in [2.05, 4.69) is 19.6 Å². The lowest BCUT2D eigenvalue weighted by molar-refractivity contribution is -0.334. The van der Waals surface area contributed by atoms with E-state index in [0.29, 0.717) is 12.0 Å². The van der Waals surface area contributed by atoms with Gasteiger partial charge in [0.1, 0.15) is 54.9 Å². The molecule has 6 fully saturated rings. The maximum absolute atomic E-state index is 12.0. The van der Waals surface area contributed by atoms with Crippen LogP contribution < -0.4 is 0 Å². The smallest absolute Gasteiger partial charge is 0.187 e. The van der Waals surface area contributed by atoms with Gasteiger partial charge in [0.2, 0.25) is 0 Å². The summed E-state index contributed by atoms with van der Waals surface area (Å²) in [6.45, 7) is 9.18. The van der Waals surface area contributed by atoms with Crippen LogP contribution in [0.4, 0.5) is 0 Å². The molecule has 314 valence electrons. The third-order valence-corrected chi connectivity index (χ3v) is 15.2. The van der Waals surface area contributed by atoms with Crippen molar-refractivity contribution in [2.45, 2.75) is 157 Å². The van der Waals surface area contributed by atoms with Gasteiger partial charge in [-0.1, -0.05) is 44.6 Å². The van der Waals surface area contributed by atoms with Crippen LogP contribution in [0, 0.1) is 40.4 Å². The average Bonchev–Trinajstić information content (AvgIpc) is 3.59. The average molecular weight is 787 g/mol. The SMILES string of the molecule is C=C(CCC1(O)O[C@H]2C[C@H]3[C@@H]4CC=C5C[C@@H](O)[C@H](O)[C@@H](O[C@@H]6O[C@H](CO)[C@H](O)[C@H](O)[C@H]6O)[C@]5(C)[C@H]4CC[C@]3(C)[C@H]2[C@@H]1C)CO[C@@H]1O[C@H](CO)[C@@H](O)[C@H](O)[C@H]1O. The zero-order chi connectivity index (χ0) is 39.9. The van der Waals surface area contributed by atoms with Crippen LogP contribution in [0.3, 0.4) is 0 Å². The van der Waals surface area contributed by atoms with Crippen LogP contribution in [0.25, 0.3) is 0 Å². The first kappa shape index (κ1) is 42.0. The Balaban J connectivity index is 1.02. The van der Waals surface area contributed by atoms with Crippen LogP contribution in [-0.4, -0.2) is 168 Å². The highest BCUT2D eigenvalue weighted by Crippen LogP contribution is 2.70. The zero-order valence-corrected chi connectivity index (χ0v) is 31.8. The highest BCUT2D eigenvalue weighted by atomic mass is 16.7. The standard InChI is InChI=1S/C39H62O16/c1-16(15-51-35-32(48)30(46)28(44)24(13-40)52-35)7-10-39(50)17(2)26-23(55-39)12-21-19-6-5-18-11-22(42)27(43)34(38(18,4)20(19)8-9-37(21,26)3)54-36-33(49)31(47)29(45)25(14-41)53-36/h5,17,19-36,40-50H,1,6-15H2,2-4H3/t17-,19+,20-,21-,22+,23-,24+,25+,26-,27-,28+,29-,30-,31-,32+,33+,34+,35+,36-,37-,38-,39?/m0/s1. The molecule has 1 unspecified atom stereocenters. The molecule has 3 heterocycles. The molecule has 0 aromatic heterocycles. The van der Waals surface area contributed by atoms with E-state index in [4.69, 9.17) is 23.7 Å². The largest absolute Gasteiger partial charge is 0.394 e. The van der Waals surface area contributed by atoms with E-state index in [-0.39, 0.29) is 60.6 Å². The molecular weight excluding hydrogens is 724 g/mol. The summed E-state index contributed by atoms with van der Waals surface area (Å²) in [5.74, 6) is -1.21. The molecule has 0 radical (unpaired) electrons. The van der Waals surface area contributed by atoms with E-state index < -0.39 is 104 Å². The summed E-state index contributed by atoms with van der Waals surface area (Å²) in [6, 6.07) is 0. The molecule has 0 spiro atoms. The van der Waals surface area contributed by atoms with Gasteiger partial charge in [0.25, 0.3) is 0 Å². The normalized spacial score (nSPS) is 54.9. The fourth-order valence-electron chi connectivity index (χ4n) is 12.1. The van der Waals surface area contributed by atoms with E-state index in [1.165, 1.54) is 0 Å². The molecule has 0 aromatic rings. The molecule has 7 aliphatic rings. The number of aliphatic hydroxyl groups is 11. The summed E-state index contributed by atoms with van der Waals surface area (Å²) in [5, 5.41) is 116. The number of allylic oxidation sites excluding steroid dienone is 1. The van der Waals surface area contributed by atoms with Gasteiger partial charge >= 0.3 is 0 Å². The number of ether oxygens (including phenoxy) is 5. The van der Waals surface area contributed by atoms with Crippen molar-refractivity contribution < 1.29 is 79.9 Å². The third kappa shape index (κ3) is 6.79. The molecule has 0 bridgehead atoms.